The quantitative estimate of drug-likeness (QED) is 0.258. The number of ketones is 1. The molecule has 0 heterocycles. The number of hydrogen-bond donors (Lipinski definition) is 0. The van der Waals surface area contributed by atoms with E-state index in [1.54, 1.807) is 0 Å². The molecule has 0 aromatic rings. The molecular formula is C12H19NO5. The van der Waals surface area contributed by atoms with Crippen molar-refractivity contribution in [1.82, 2.24) is 0 Å². The van der Waals surface area contributed by atoms with Crippen LogP contribution in [0.15, 0.2) is 12.2 Å². The predicted molar refractivity (Wildman–Crippen MR) is 65.7 cm³/mol. The fourth-order valence-corrected chi connectivity index (χ4v) is 1.31. The predicted octanol–water partition coefficient (Wildman–Crippen LogP) is 1.90. The summed E-state index contributed by atoms with van der Waals surface area (Å²) in [7, 11) is 1.34. The van der Waals surface area contributed by atoms with Gasteiger partial charge < -0.3 is 4.74 Å². The van der Waals surface area contributed by atoms with Crippen LogP contribution in [-0.4, -0.2) is 30.3 Å². The first-order valence-electron chi connectivity index (χ1n) is 5.91. The standard InChI is InChI=1S/C12H19NO5/c1-18-12(15)9-5-3-2-4-7-11(14)8-6-10-13(16)17/h2-3H,4-10H2,1H3/b3-2-. The van der Waals surface area contributed by atoms with E-state index in [1.807, 2.05) is 12.2 Å². The first-order valence-corrected chi connectivity index (χ1v) is 5.91. The summed E-state index contributed by atoms with van der Waals surface area (Å²) in [5.41, 5.74) is 0. The lowest BCUT2D eigenvalue weighted by Crippen LogP contribution is -2.04. The molecule has 6 nitrogen and oxygen atoms in total. The summed E-state index contributed by atoms with van der Waals surface area (Å²) in [6, 6.07) is 0. The van der Waals surface area contributed by atoms with Crippen LogP contribution in [0, 0.1) is 10.1 Å². The number of Topliss-reactive ketones (excluding diaryl/α,β-unsaturated/α-hetero) is 1. The van der Waals surface area contributed by atoms with Gasteiger partial charge in [-0.1, -0.05) is 12.2 Å². The maximum Gasteiger partial charge on any atom is 0.305 e. The highest BCUT2D eigenvalue weighted by Crippen LogP contribution is 2.01. The van der Waals surface area contributed by atoms with Crippen LogP contribution in [0.4, 0.5) is 0 Å². The van der Waals surface area contributed by atoms with Crippen LogP contribution in [-0.2, 0) is 14.3 Å². The van der Waals surface area contributed by atoms with Crippen LogP contribution in [0.5, 0.6) is 0 Å². The van der Waals surface area contributed by atoms with E-state index in [4.69, 9.17) is 0 Å². The average Bonchev–Trinajstić information content (AvgIpc) is 2.32. The number of carbonyl (C=O) groups excluding carboxylic acids is 2. The maximum absolute atomic E-state index is 11.3. The minimum Gasteiger partial charge on any atom is -0.469 e. The van der Waals surface area contributed by atoms with Gasteiger partial charge in [-0.05, 0) is 12.8 Å². The van der Waals surface area contributed by atoms with E-state index in [-0.39, 0.29) is 24.7 Å². The largest absolute Gasteiger partial charge is 0.469 e. The molecule has 0 aliphatic carbocycles. The second-order valence-corrected chi connectivity index (χ2v) is 3.82. The molecule has 0 saturated carbocycles. The molecule has 0 N–H and O–H groups in total. The van der Waals surface area contributed by atoms with Gasteiger partial charge in [0.05, 0.1) is 7.11 Å². The van der Waals surface area contributed by atoms with E-state index >= 15 is 0 Å². The number of esters is 1. The number of rotatable bonds is 10. The summed E-state index contributed by atoms with van der Waals surface area (Å²) in [6.45, 7) is -0.152. The van der Waals surface area contributed by atoms with Crippen LogP contribution < -0.4 is 0 Å². The summed E-state index contributed by atoms with van der Waals surface area (Å²) in [5.74, 6) is -0.218. The number of methoxy groups -OCH3 is 1. The van der Waals surface area contributed by atoms with Crippen LogP contribution >= 0.6 is 0 Å². The van der Waals surface area contributed by atoms with Crippen molar-refractivity contribution in [3.63, 3.8) is 0 Å². The molecular weight excluding hydrogens is 238 g/mol. The number of ether oxygens (including phenoxy) is 1. The lowest BCUT2D eigenvalue weighted by Gasteiger charge is -1.96. The molecule has 0 unspecified atom stereocenters. The van der Waals surface area contributed by atoms with Crippen molar-refractivity contribution in [2.45, 2.75) is 38.5 Å². The number of allylic oxidation sites excluding steroid dienone is 2. The van der Waals surface area contributed by atoms with Crippen molar-refractivity contribution in [3.05, 3.63) is 22.3 Å². The minimum atomic E-state index is -0.417. The minimum absolute atomic E-state index is 0.0365. The lowest BCUT2D eigenvalue weighted by molar-refractivity contribution is -0.480. The van der Waals surface area contributed by atoms with Gasteiger partial charge in [0.2, 0.25) is 6.54 Å². The van der Waals surface area contributed by atoms with E-state index in [0.29, 0.717) is 32.1 Å². The summed E-state index contributed by atoms with van der Waals surface area (Å²) >= 11 is 0. The Labute approximate surface area is 106 Å². The van der Waals surface area contributed by atoms with Crippen LogP contribution in [0.1, 0.15) is 38.5 Å². The third kappa shape index (κ3) is 10.8. The second-order valence-electron chi connectivity index (χ2n) is 3.82. The van der Waals surface area contributed by atoms with E-state index < -0.39 is 4.92 Å². The molecule has 0 rings (SSSR count). The van der Waals surface area contributed by atoms with Crippen molar-refractivity contribution in [2.24, 2.45) is 0 Å². The van der Waals surface area contributed by atoms with Crippen LogP contribution in [0.3, 0.4) is 0 Å². The Hall–Kier alpha value is -1.72. The topological polar surface area (TPSA) is 86.5 Å². The highest BCUT2D eigenvalue weighted by molar-refractivity contribution is 5.78. The number of nitrogens with zero attached hydrogens (tertiary/aromatic N) is 1. The van der Waals surface area contributed by atoms with Crippen molar-refractivity contribution in [3.8, 4) is 0 Å². The Morgan fingerprint density at radius 1 is 1.17 bits per heavy atom. The van der Waals surface area contributed by atoms with Gasteiger partial charge >= 0.3 is 5.97 Å². The van der Waals surface area contributed by atoms with Crippen molar-refractivity contribution >= 4 is 11.8 Å². The summed E-state index contributed by atoms with van der Waals surface area (Å²) in [6.07, 6.45) is 6.18. The molecule has 102 valence electrons. The smallest absolute Gasteiger partial charge is 0.305 e. The molecule has 0 radical (unpaired) electrons. The zero-order valence-electron chi connectivity index (χ0n) is 10.6. The Bertz CT molecular complexity index is 312. The lowest BCUT2D eigenvalue weighted by atomic mass is 10.1. The number of nitro groups is 1. The zero-order chi connectivity index (χ0) is 13.8. The normalized spacial score (nSPS) is 10.5. The number of hydrogen-bond acceptors (Lipinski definition) is 5. The second kappa shape index (κ2) is 10.4. The van der Waals surface area contributed by atoms with Gasteiger partial charge in [0.15, 0.2) is 0 Å². The van der Waals surface area contributed by atoms with Crippen molar-refractivity contribution in [1.29, 1.82) is 0 Å². The summed E-state index contributed by atoms with van der Waals surface area (Å²) in [5, 5.41) is 10.0. The summed E-state index contributed by atoms with van der Waals surface area (Å²) in [4.78, 5) is 31.7. The monoisotopic (exact) mass is 257 g/mol. The Morgan fingerprint density at radius 3 is 2.33 bits per heavy atom. The Morgan fingerprint density at radius 2 is 1.78 bits per heavy atom. The van der Waals surface area contributed by atoms with E-state index in [9.17, 15) is 19.7 Å². The Balaban J connectivity index is 3.47. The van der Waals surface area contributed by atoms with E-state index in [0.717, 1.165) is 0 Å². The van der Waals surface area contributed by atoms with Gasteiger partial charge in [0.1, 0.15) is 5.78 Å². The van der Waals surface area contributed by atoms with Crippen molar-refractivity contribution in [2.75, 3.05) is 13.7 Å². The molecule has 0 aliphatic rings. The first-order chi connectivity index (χ1) is 8.56. The molecule has 6 heteroatoms. The van der Waals surface area contributed by atoms with E-state index in [2.05, 4.69) is 4.74 Å². The zero-order valence-corrected chi connectivity index (χ0v) is 10.6. The first kappa shape index (κ1) is 16.3. The number of carbonyl (C=O) groups is 2. The van der Waals surface area contributed by atoms with Crippen LogP contribution in [0.2, 0.25) is 0 Å². The fourth-order valence-electron chi connectivity index (χ4n) is 1.31. The molecule has 0 aliphatic heterocycles. The molecule has 0 atom stereocenters. The van der Waals surface area contributed by atoms with Crippen molar-refractivity contribution < 1.29 is 19.2 Å². The van der Waals surface area contributed by atoms with Gasteiger partial charge in [0.25, 0.3) is 0 Å². The Kier molecular flexibility index (Phi) is 9.44. The SMILES string of the molecule is COC(=O)CC/C=C\CCC(=O)CCC[N+](=O)[O-]. The molecule has 0 spiro atoms. The fraction of sp³-hybridized carbons (Fsp3) is 0.667. The van der Waals surface area contributed by atoms with Gasteiger partial charge in [0, 0.05) is 30.6 Å². The summed E-state index contributed by atoms with van der Waals surface area (Å²) < 4.78 is 4.48. The van der Waals surface area contributed by atoms with Crippen LogP contribution in [0.25, 0.3) is 0 Å². The molecule has 0 aromatic carbocycles. The molecule has 18 heavy (non-hydrogen) atoms. The van der Waals surface area contributed by atoms with Gasteiger partial charge in [-0.25, -0.2) is 0 Å². The molecule has 0 bridgehead atoms. The molecule has 0 fully saturated rings. The third-order valence-electron chi connectivity index (χ3n) is 2.30. The highest BCUT2D eigenvalue weighted by Gasteiger charge is 2.03. The molecule has 0 saturated heterocycles. The highest BCUT2D eigenvalue weighted by atomic mass is 16.6. The maximum atomic E-state index is 11.3. The molecule has 0 amide bonds. The third-order valence-corrected chi connectivity index (χ3v) is 2.30. The van der Waals surface area contributed by atoms with Gasteiger partial charge in [-0.2, -0.15) is 0 Å². The van der Waals surface area contributed by atoms with E-state index in [1.165, 1.54) is 7.11 Å². The average molecular weight is 257 g/mol. The molecule has 0 aromatic heterocycles. The van der Waals surface area contributed by atoms with Gasteiger partial charge in [-0.15, -0.1) is 0 Å². The van der Waals surface area contributed by atoms with Gasteiger partial charge in [-0.3, -0.25) is 19.7 Å².